The van der Waals surface area contributed by atoms with Crippen molar-refractivity contribution < 1.29 is 10.2 Å². The predicted molar refractivity (Wildman–Crippen MR) is 65.8 cm³/mol. The van der Waals surface area contributed by atoms with Gasteiger partial charge in [-0.25, -0.2) is 0 Å². The minimum atomic E-state index is 0.0848. The number of rotatable bonds is 3. The summed E-state index contributed by atoms with van der Waals surface area (Å²) in [5, 5.41) is 18.7. The maximum Gasteiger partial charge on any atom is 0.132 e. The van der Waals surface area contributed by atoms with Crippen LogP contribution in [0.1, 0.15) is 5.56 Å². The second-order valence-electron chi connectivity index (χ2n) is 3.43. The highest BCUT2D eigenvalue weighted by Gasteiger charge is 2.03. The van der Waals surface area contributed by atoms with Gasteiger partial charge in [0, 0.05) is 16.7 Å². The van der Waals surface area contributed by atoms with E-state index in [1.165, 1.54) is 11.6 Å². The molecule has 0 spiro atoms. The van der Waals surface area contributed by atoms with E-state index in [-0.39, 0.29) is 11.5 Å². The Kier molecular flexibility index (Phi) is 3.37. The third-order valence-corrected chi connectivity index (χ3v) is 3.31. The molecule has 0 heterocycles. The number of hydrogen-bond acceptors (Lipinski definition) is 3. The molecule has 2 nitrogen and oxygen atoms in total. The van der Waals surface area contributed by atoms with Crippen LogP contribution in [0.2, 0.25) is 0 Å². The molecule has 2 aromatic carbocycles. The summed E-state index contributed by atoms with van der Waals surface area (Å²) < 4.78 is 0. The van der Waals surface area contributed by atoms with Gasteiger partial charge < -0.3 is 10.2 Å². The van der Waals surface area contributed by atoms with Crippen molar-refractivity contribution in [2.45, 2.75) is 10.6 Å². The Morgan fingerprint density at radius 1 is 0.938 bits per heavy atom. The first-order valence-corrected chi connectivity index (χ1v) is 5.93. The highest BCUT2D eigenvalue weighted by molar-refractivity contribution is 7.98. The normalized spacial score (nSPS) is 10.2. The van der Waals surface area contributed by atoms with E-state index in [1.54, 1.807) is 23.9 Å². The van der Waals surface area contributed by atoms with Crippen molar-refractivity contribution in [2.75, 3.05) is 0 Å². The van der Waals surface area contributed by atoms with Gasteiger partial charge in [0.25, 0.3) is 0 Å². The lowest BCUT2D eigenvalue weighted by Gasteiger charge is -2.04. The Morgan fingerprint density at radius 2 is 1.69 bits per heavy atom. The van der Waals surface area contributed by atoms with E-state index in [2.05, 4.69) is 0 Å². The number of hydrogen-bond donors (Lipinski definition) is 2. The molecule has 2 rings (SSSR count). The van der Waals surface area contributed by atoms with Crippen LogP contribution in [-0.2, 0) is 5.75 Å². The standard InChI is InChI=1S/C13H12O2S/c14-11-6-7-13(12(15)8-11)16-9-10-4-2-1-3-5-10/h1-8,14-15H,9H2. The van der Waals surface area contributed by atoms with Gasteiger partial charge >= 0.3 is 0 Å². The number of phenolic OH excluding ortho intramolecular Hbond substituents is 2. The fourth-order valence-electron chi connectivity index (χ4n) is 1.36. The summed E-state index contributed by atoms with van der Waals surface area (Å²) in [7, 11) is 0. The molecule has 16 heavy (non-hydrogen) atoms. The molecule has 0 amide bonds. The molecule has 0 aliphatic heterocycles. The minimum absolute atomic E-state index is 0.0848. The average Bonchev–Trinajstić information content (AvgIpc) is 2.29. The summed E-state index contributed by atoms with van der Waals surface area (Å²) in [6, 6.07) is 14.7. The molecular weight excluding hydrogens is 220 g/mol. The summed E-state index contributed by atoms with van der Waals surface area (Å²) in [6.45, 7) is 0. The van der Waals surface area contributed by atoms with E-state index in [0.29, 0.717) is 0 Å². The lowest BCUT2D eigenvalue weighted by atomic mass is 10.2. The van der Waals surface area contributed by atoms with Crippen LogP contribution in [-0.4, -0.2) is 10.2 Å². The van der Waals surface area contributed by atoms with E-state index in [4.69, 9.17) is 5.11 Å². The molecule has 0 aliphatic rings. The molecule has 3 heteroatoms. The van der Waals surface area contributed by atoms with Crippen molar-refractivity contribution in [1.82, 2.24) is 0 Å². The van der Waals surface area contributed by atoms with Gasteiger partial charge in [-0.1, -0.05) is 30.3 Å². The Morgan fingerprint density at radius 3 is 2.38 bits per heavy atom. The Hall–Kier alpha value is -1.61. The second kappa shape index (κ2) is 4.94. The summed E-state index contributed by atoms with van der Waals surface area (Å²) in [6.07, 6.45) is 0. The zero-order valence-corrected chi connectivity index (χ0v) is 9.45. The zero-order valence-electron chi connectivity index (χ0n) is 8.63. The van der Waals surface area contributed by atoms with E-state index < -0.39 is 0 Å². The Labute approximate surface area is 98.6 Å². The molecule has 0 unspecified atom stereocenters. The molecule has 0 saturated carbocycles. The lowest BCUT2D eigenvalue weighted by Crippen LogP contribution is -1.80. The number of thioether (sulfide) groups is 1. The van der Waals surface area contributed by atoms with E-state index >= 15 is 0 Å². The highest BCUT2D eigenvalue weighted by atomic mass is 32.2. The van der Waals surface area contributed by atoms with E-state index in [9.17, 15) is 5.11 Å². The van der Waals surface area contributed by atoms with Crippen LogP contribution < -0.4 is 0 Å². The zero-order chi connectivity index (χ0) is 11.4. The van der Waals surface area contributed by atoms with Gasteiger partial charge in [-0.3, -0.25) is 0 Å². The summed E-state index contributed by atoms with van der Waals surface area (Å²) in [5.74, 6) is 1.02. The third kappa shape index (κ3) is 2.70. The molecule has 0 radical (unpaired) electrons. The first-order chi connectivity index (χ1) is 7.75. The molecule has 0 atom stereocenters. The number of phenols is 2. The van der Waals surface area contributed by atoms with Crippen molar-refractivity contribution in [2.24, 2.45) is 0 Å². The lowest BCUT2D eigenvalue weighted by molar-refractivity contribution is 0.442. The van der Waals surface area contributed by atoms with Crippen LogP contribution in [0.3, 0.4) is 0 Å². The third-order valence-electron chi connectivity index (χ3n) is 2.18. The van der Waals surface area contributed by atoms with Gasteiger partial charge in [0.1, 0.15) is 11.5 Å². The molecule has 2 aromatic rings. The Bertz CT molecular complexity index is 469. The molecule has 2 N–H and O–H groups in total. The van der Waals surface area contributed by atoms with Crippen LogP contribution >= 0.6 is 11.8 Å². The largest absolute Gasteiger partial charge is 0.508 e. The van der Waals surface area contributed by atoms with Crippen molar-refractivity contribution >= 4 is 11.8 Å². The SMILES string of the molecule is Oc1ccc(SCc2ccccc2)c(O)c1. The van der Waals surface area contributed by atoms with Crippen LogP contribution in [0.4, 0.5) is 0 Å². The molecule has 0 bridgehead atoms. The summed E-state index contributed by atoms with van der Waals surface area (Å²) >= 11 is 1.55. The van der Waals surface area contributed by atoms with Gasteiger partial charge in [0.15, 0.2) is 0 Å². The maximum absolute atomic E-state index is 9.59. The second-order valence-corrected chi connectivity index (χ2v) is 4.44. The van der Waals surface area contributed by atoms with Crippen LogP contribution in [0.25, 0.3) is 0 Å². The number of benzene rings is 2. The summed E-state index contributed by atoms with van der Waals surface area (Å²) in [4.78, 5) is 0.779. The van der Waals surface area contributed by atoms with Gasteiger partial charge in [0.05, 0.1) is 0 Å². The fraction of sp³-hybridized carbons (Fsp3) is 0.0769. The van der Waals surface area contributed by atoms with Gasteiger partial charge in [-0.05, 0) is 17.7 Å². The summed E-state index contributed by atoms with van der Waals surface area (Å²) in [5.41, 5.74) is 1.21. The van der Waals surface area contributed by atoms with Crippen LogP contribution in [0.5, 0.6) is 11.5 Å². The maximum atomic E-state index is 9.59. The van der Waals surface area contributed by atoms with Crippen LogP contribution in [0.15, 0.2) is 53.4 Å². The van der Waals surface area contributed by atoms with Crippen molar-refractivity contribution in [3.05, 3.63) is 54.1 Å². The topological polar surface area (TPSA) is 40.5 Å². The Balaban J connectivity index is 2.05. The van der Waals surface area contributed by atoms with Crippen molar-refractivity contribution in [3.8, 4) is 11.5 Å². The fourth-order valence-corrected chi connectivity index (χ4v) is 2.25. The molecule has 0 saturated heterocycles. The van der Waals surface area contributed by atoms with Gasteiger partial charge in [-0.2, -0.15) is 0 Å². The smallest absolute Gasteiger partial charge is 0.132 e. The molecule has 0 aromatic heterocycles. The van der Waals surface area contributed by atoms with Crippen LogP contribution in [0, 0.1) is 0 Å². The van der Waals surface area contributed by atoms with Gasteiger partial charge in [-0.15, -0.1) is 11.8 Å². The first kappa shape index (κ1) is 10.9. The van der Waals surface area contributed by atoms with E-state index in [0.717, 1.165) is 10.6 Å². The highest BCUT2D eigenvalue weighted by Crippen LogP contribution is 2.33. The van der Waals surface area contributed by atoms with Crippen molar-refractivity contribution in [3.63, 3.8) is 0 Å². The molecule has 82 valence electrons. The monoisotopic (exact) mass is 232 g/mol. The predicted octanol–water partition coefficient (Wildman–Crippen LogP) is 3.39. The first-order valence-electron chi connectivity index (χ1n) is 4.94. The number of aromatic hydroxyl groups is 2. The molecule has 0 aliphatic carbocycles. The van der Waals surface area contributed by atoms with E-state index in [1.807, 2.05) is 30.3 Å². The van der Waals surface area contributed by atoms with Gasteiger partial charge in [0.2, 0.25) is 0 Å². The quantitative estimate of drug-likeness (QED) is 0.797. The minimum Gasteiger partial charge on any atom is -0.508 e. The average molecular weight is 232 g/mol. The molecule has 0 fully saturated rings. The molecular formula is C13H12O2S. The van der Waals surface area contributed by atoms with Crippen molar-refractivity contribution in [1.29, 1.82) is 0 Å².